The molecule has 0 unspecified atom stereocenters. The summed E-state index contributed by atoms with van der Waals surface area (Å²) in [6, 6.07) is 3.08. The lowest BCUT2D eigenvalue weighted by atomic mass is 9.62. The first-order chi connectivity index (χ1) is 13.0. The van der Waals surface area contributed by atoms with Crippen molar-refractivity contribution in [2.45, 2.75) is 22.1 Å². The van der Waals surface area contributed by atoms with E-state index in [4.69, 9.17) is 51.1 Å². The summed E-state index contributed by atoms with van der Waals surface area (Å²) in [5, 5.41) is 9.24. The number of carbonyl (C=O) groups is 2. The molecule has 0 saturated heterocycles. The fourth-order valence-corrected chi connectivity index (χ4v) is 5.54. The third kappa shape index (κ3) is 2.78. The average molecular weight is 527 g/mol. The van der Waals surface area contributed by atoms with Crippen LogP contribution in [0.5, 0.6) is 11.5 Å². The molecule has 2 aliphatic carbocycles. The molecule has 0 fully saturated rings. The summed E-state index contributed by atoms with van der Waals surface area (Å²) in [7, 11) is 1.38. The van der Waals surface area contributed by atoms with Crippen LogP contribution in [0.4, 0.5) is 0 Å². The quantitative estimate of drug-likeness (QED) is 0.524. The number of rotatable bonds is 3. The van der Waals surface area contributed by atoms with Gasteiger partial charge in [0.15, 0.2) is 23.1 Å². The highest BCUT2D eigenvalue weighted by molar-refractivity contribution is 9.10. The highest BCUT2D eigenvalue weighted by atomic mass is 79.9. The maximum absolute atomic E-state index is 13.2. The van der Waals surface area contributed by atoms with Gasteiger partial charge < -0.3 is 9.84 Å². The zero-order chi connectivity index (χ0) is 21.0. The first-order valence-corrected chi connectivity index (χ1v) is 10.3. The van der Waals surface area contributed by atoms with Gasteiger partial charge in [0, 0.05) is 5.92 Å². The number of aromatic hydroxyl groups is 1. The van der Waals surface area contributed by atoms with Crippen LogP contribution < -0.4 is 4.74 Å². The van der Waals surface area contributed by atoms with E-state index in [0.29, 0.717) is 15.6 Å². The maximum Gasteiger partial charge on any atom is 0.199 e. The number of phenols is 1. The van der Waals surface area contributed by atoms with Crippen molar-refractivity contribution in [2.75, 3.05) is 7.11 Å². The number of hydrogen-bond donors (Lipinski definition) is 1. The Morgan fingerprint density at radius 2 is 1.86 bits per heavy atom. The van der Waals surface area contributed by atoms with Gasteiger partial charge in [0.1, 0.15) is 19.8 Å². The lowest BCUT2D eigenvalue weighted by molar-refractivity contribution is -0.127. The monoisotopic (exact) mass is 524 g/mol. The van der Waals surface area contributed by atoms with Crippen molar-refractivity contribution in [2.24, 2.45) is 0 Å². The van der Waals surface area contributed by atoms with Crippen molar-refractivity contribution in [3.63, 3.8) is 0 Å². The SMILES string of the molecule is C=CC1=CC[C@@]2(Cl)C(=O)C(Cl)=C(Cl)C(=O)[C@@]2(Cl)[C@H]1c1cc(Br)c(O)c(OC)c1. The fraction of sp³-hybridized carbons (Fsp3) is 0.263. The van der Waals surface area contributed by atoms with E-state index in [1.807, 2.05) is 0 Å². The minimum atomic E-state index is -1.96. The number of halogens is 5. The van der Waals surface area contributed by atoms with E-state index in [0.717, 1.165) is 0 Å². The highest BCUT2D eigenvalue weighted by Gasteiger charge is 2.68. The summed E-state index contributed by atoms with van der Waals surface area (Å²) in [4.78, 5) is 22.3. The normalized spacial score (nSPS) is 30.1. The predicted molar refractivity (Wildman–Crippen MR) is 114 cm³/mol. The Hall–Kier alpha value is -0.980. The molecule has 1 N–H and O–H groups in total. The standard InChI is InChI=1S/C19H13BrCl4O4/c1-3-8-4-5-18(23)16(26)13(21)14(22)17(27)19(18,24)12(8)9-6-10(20)15(25)11(7-9)28-2/h3-4,6-7,12,25H,1,5H2,2H3/t12-,18-,19+/m1/s1. The largest absolute Gasteiger partial charge is 0.503 e. The van der Waals surface area contributed by atoms with E-state index in [2.05, 4.69) is 22.5 Å². The third-order valence-electron chi connectivity index (χ3n) is 5.05. The topological polar surface area (TPSA) is 63.6 Å². The Bertz CT molecular complexity index is 986. The predicted octanol–water partition coefficient (Wildman–Crippen LogP) is 5.56. The molecule has 0 radical (unpaired) electrons. The van der Waals surface area contributed by atoms with Crippen molar-refractivity contribution >= 4 is 73.9 Å². The molecule has 3 atom stereocenters. The third-order valence-corrected chi connectivity index (χ3v) is 7.90. The average Bonchev–Trinajstić information content (AvgIpc) is 2.68. The summed E-state index contributed by atoms with van der Waals surface area (Å²) >= 11 is 28.9. The molecule has 0 aliphatic heterocycles. The highest BCUT2D eigenvalue weighted by Crippen LogP contribution is 2.60. The Labute approximate surface area is 189 Å². The van der Waals surface area contributed by atoms with Crippen LogP contribution in [-0.2, 0) is 9.59 Å². The van der Waals surface area contributed by atoms with Crippen LogP contribution >= 0.6 is 62.3 Å². The first-order valence-electron chi connectivity index (χ1n) is 7.96. The molecule has 0 heterocycles. The van der Waals surface area contributed by atoms with Crippen LogP contribution in [0.25, 0.3) is 0 Å². The lowest BCUT2D eigenvalue weighted by Gasteiger charge is -2.50. The van der Waals surface area contributed by atoms with Crippen molar-refractivity contribution in [1.29, 1.82) is 0 Å². The van der Waals surface area contributed by atoms with Gasteiger partial charge in [-0.15, -0.1) is 23.2 Å². The molecule has 1 aromatic rings. The zero-order valence-electron chi connectivity index (χ0n) is 14.4. The molecule has 1 aromatic carbocycles. The number of alkyl halides is 2. The molecule has 28 heavy (non-hydrogen) atoms. The van der Waals surface area contributed by atoms with E-state index < -0.39 is 37.3 Å². The zero-order valence-corrected chi connectivity index (χ0v) is 19.0. The van der Waals surface area contributed by atoms with Gasteiger partial charge in [0.25, 0.3) is 0 Å². The molecule has 2 aliphatic rings. The van der Waals surface area contributed by atoms with Gasteiger partial charge in [0.2, 0.25) is 0 Å². The summed E-state index contributed by atoms with van der Waals surface area (Å²) in [5.41, 5.74) is 1.05. The van der Waals surface area contributed by atoms with E-state index in [1.165, 1.54) is 19.3 Å². The van der Waals surface area contributed by atoms with Gasteiger partial charge in [-0.2, -0.15) is 0 Å². The molecular formula is C19H13BrCl4O4. The lowest BCUT2D eigenvalue weighted by Crippen LogP contribution is -2.64. The Morgan fingerprint density at radius 3 is 2.43 bits per heavy atom. The van der Waals surface area contributed by atoms with Crippen LogP contribution in [-0.4, -0.2) is 33.5 Å². The fourth-order valence-electron chi connectivity index (χ4n) is 3.62. The molecule has 4 nitrogen and oxygen atoms in total. The van der Waals surface area contributed by atoms with Crippen LogP contribution in [0.3, 0.4) is 0 Å². The van der Waals surface area contributed by atoms with Gasteiger partial charge in [0.05, 0.1) is 11.6 Å². The van der Waals surface area contributed by atoms with Crippen LogP contribution in [0.15, 0.2) is 51.0 Å². The van der Waals surface area contributed by atoms with Gasteiger partial charge >= 0.3 is 0 Å². The number of carbonyl (C=O) groups excluding carboxylic acids is 2. The first kappa shape index (κ1) is 21.7. The summed E-state index contributed by atoms with van der Waals surface area (Å²) in [5.74, 6) is -2.36. The summed E-state index contributed by atoms with van der Waals surface area (Å²) in [6.45, 7) is 3.78. The van der Waals surface area contributed by atoms with Crippen molar-refractivity contribution < 1.29 is 19.4 Å². The smallest absolute Gasteiger partial charge is 0.199 e. The minimum Gasteiger partial charge on any atom is -0.503 e. The molecular weight excluding hydrogens is 514 g/mol. The number of hydrogen-bond acceptors (Lipinski definition) is 4. The van der Waals surface area contributed by atoms with Crippen LogP contribution in [0.1, 0.15) is 17.9 Å². The minimum absolute atomic E-state index is 0.0305. The maximum atomic E-state index is 13.2. The number of benzene rings is 1. The van der Waals surface area contributed by atoms with Crippen LogP contribution in [0, 0.1) is 0 Å². The Balaban J connectivity index is 2.36. The second kappa shape index (κ2) is 7.37. The van der Waals surface area contributed by atoms with Gasteiger partial charge in [-0.25, -0.2) is 0 Å². The molecule has 148 valence electrons. The van der Waals surface area contributed by atoms with Gasteiger partial charge in [-0.1, -0.05) is 41.9 Å². The molecule has 0 aromatic heterocycles. The van der Waals surface area contributed by atoms with Crippen molar-refractivity contribution in [3.8, 4) is 11.5 Å². The van der Waals surface area contributed by atoms with Gasteiger partial charge in [-0.3, -0.25) is 9.59 Å². The summed E-state index contributed by atoms with van der Waals surface area (Å²) in [6.07, 6.45) is 3.19. The molecule has 9 heteroatoms. The number of phenolic OH excluding ortho intramolecular Hbond substituents is 1. The van der Waals surface area contributed by atoms with Crippen molar-refractivity contribution in [3.05, 3.63) is 56.5 Å². The number of ketones is 2. The number of fused-ring (bicyclic) bond motifs is 1. The Kier molecular flexibility index (Phi) is 5.72. The van der Waals surface area contributed by atoms with E-state index in [1.54, 1.807) is 12.1 Å². The number of allylic oxidation sites excluding steroid dienone is 5. The second-order valence-electron chi connectivity index (χ2n) is 6.40. The number of Topliss-reactive ketones (excluding diaryl/α,β-unsaturated/α-hetero) is 2. The number of ether oxygens (including phenoxy) is 1. The summed E-state index contributed by atoms with van der Waals surface area (Å²) < 4.78 is 5.51. The van der Waals surface area contributed by atoms with E-state index >= 15 is 0 Å². The van der Waals surface area contributed by atoms with Gasteiger partial charge in [-0.05, 0) is 45.6 Å². The van der Waals surface area contributed by atoms with Crippen LogP contribution in [0.2, 0.25) is 0 Å². The molecule has 0 amide bonds. The Morgan fingerprint density at radius 1 is 1.25 bits per heavy atom. The van der Waals surface area contributed by atoms with Crippen molar-refractivity contribution in [1.82, 2.24) is 0 Å². The van der Waals surface area contributed by atoms with E-state index in [9.17, 15) is 14.7 Å². The molecule has 3 rings (SSSR count). The number of methoxy groups -OCH3 is 1. The molecule has 0 saturated carbocycles. The molecule has 0 spiro atoms. The molecule has 0 bridgehead atoms. The van der Waals surface area contributed by atoms with E-state index in [-0.39, 0.29) is 17.9 Å². The second-order valence-corrected chi connectivity index (χ2v) is 9.25.